The van der Waals surface area contributed by atoms with Crippen LogP contribution >= 0.6 is 11.6 Å². The second-order valence-electron chi connectivity index (χ2n) is 6.91. The highest BCUT2D eigenvalue weighted by atomic mass is 35.5. The molecule has 8 heteroatoms. The van der Waals surface area contributed by atoms with Gasteiger partial charge in [-0.05, 0) is 42.8 Å². The molecule has 0 bridgehead atoms. The summed E-state index contributed by atoms with van der Waals surface area (Å²) in [6, 6.07) is 16.8. The monoisotopic (exact) mass is 436 g/mol. The first kappa shape index (κ1) is 20.6. The molecule has 0 fully saturated rings. The lowest BCUT2D eigenvalue weighted by molar-refractivity contribution is -0.119. The summed E-state index contributed by atoms with van der Waals surface area (Å²) in [4.78, 5) is 16.1. The number of para-hydroxylation sites is 1. The second-order valence-corrected chi connectivity index (χ2v) is 7.32. The van der Waals surface area contributed by atoms with Gasteiger partial charge in [0.25, 0.3) is 5.91 Å². The van der Waals surface area contributed by atoms with E-state index in [9.17, 15) is 4.79 Å². The SMILES string of the molecule is COc1ccc(-c2nc3ccccn3c2Nc2c(C)cccc2Cl)c(OCC(N)=O)c1. The predicted octanol–water partition coefficient (Wildman–Crippen LogP) is 4.58. The lowest BCUT2D eigenvalue weighted by atomic mass is 10.1. The number of fused-ring (bicyclic) bond motifs is 1. The number of halogens is 1. The van der Waals surface area contributed by atoms with E-state index >= 15 is 0 Å². The summed E-state index contributed by atoms with van der Waals surface area (Å²) in [5.41, 5.74) is 9.10. The molecule has 1 amide bonds. The highest BCUT2D eigenvalue weighted by Gasteiger charge is 2.20. The number of hydrogen-bond donors (Lipinski definition) is 2. The highest BCUT2D eigenvalue weighted by molar-refractivity contribution is 6.33. The van der Waals surface area contributed by atoms with Crippen molar-refractivity contribution in [1.29, 1.82) is 0 Å². The lowest BCUT2D eigenvalue weighted by Gasteiger charge is -2.15. The van der Waals surface area contributed by atoms with E-state index < -0.39 is 5.91 Å². The number of carbonyl (C=O) groups is 1. The van der Waals surface area contributed by atoms with Gasteiger partial charge in [-0.15, -0.1) is 0 Å². The van der Waals surface area contributed by atoms with Gasteiger partial charge in [0.05, 0.1) is 17.8 Å². The van der Waals surface area contributed by atoms with E-state index in [4.69, 9.17) is 31.8 Å². The Balaban J connectivity index is 1.90. The van der Waals surface area contributed by atoms with Gasteiger partial charge >= 0.3 is 0 Å². The summed E-state index contributed by atoms with van der Waals surface area (Å²) in [7, 11) is 1.56. The van der Waals surface area contributed by atoms with Gasteiger partial charge in [0.15, 0.2) is 6.61 Å². The maximum absolute atomic E-state index is 11.3. The Bertz CT molecular complexity index is 1250. The quantitative estimate of drug-likeness (QED) is 0.442. The van der Waals surface area contributed by atoms with Crippen LogP contribution in [0.2, 0.25) is 5.02 Å². The molecule has 0 spiro atoms. The highest BCUT2D eigenvalue weighted by Crippen LogP contribution is 2.40. The normalized spacial score (nSPS) is 10.8. The fourth-order valence-corrected chi connectivity index (χ4v) is 3.57. The summed E-state index contributed by atoms with van der Waals surface area (Å²) < 4.78 is 12.9. The number of imidazole rings is 1. The van der Waals surface area contributed by atoms with Crippen LogP contribution < -0.4 is 20.5 Å². The maximum Gasteiger partial charge on any atom is 0.255 e. The minimum Gasteiger partial charge on any atom is -0.497 e. The van der Waals surface area contributed by atoms with Crippen LogP contribution in [0.15, 0.2) is 60.8 Å². The van der Waals surface area contributed by atoms with Crippen LogP contribution in [-0.2, 0) is 4.79 Å². The average molecular weight is 437 g/mol. The Hall–Kier alpha value is -3.71. The van der Waals surface area contributed by atoms with Gasteiger partial charge in [-0.3, -0.25) is 9.20 Å². The number of nitrogens with one attached hydrogen (secondary N) is 1. The molecule has 0 radical (unpaired) electrons. The molecule has 3 N–H and O–H groups in total. The fourth-order valence-electron chi connectivity index (χ4n) is 3.31. The number of methoxy groups -OCH3 is 1. The number of carbonyl (C=O) groups excluding carboxylic acids is 1. The standard InChI is InChI=1S/C23H21ClN4O3/c1-14-6-5-7-17(24)21(14)27-23-22(26-20-8-3-4-11-28(20)23)16-10-9-15(30-2)12-18(16)31-13-19(25)29/h3-12,27H,13H2,1-2H3,(H2,25,29). The Labute approximate surface area is 184 Å². The van der Waals surface area contributed by atoms with Crippen LogP contribution in [0.5, 0.6) is 11.5 Å². The lowest BCUT2D eigenvalue weighted by Crippen LogP contribution is -2.20. The third-order valence-electron chi connectivity index (χ3n) is 4.81. The third kappa shape index (κ3) is 4.13. The molecule has 158 valence electrons. The molecule has 0 saturated carbocycles. The van der Waals surface area contributed by atoms with Crippen LogP contribution in [0.3, 0.4) is 0 Å². The molecule has 2 aromatic heterocycles. The van der Waals surface area contributed by atoms with E-state index in [1.807, 2.05) is 60.0 Å². The van der Waals surface area contributed by atoms with Gasteiger partial charge in [0.1, 0.15) is 28.7 Å². The van der Waals surface area contributed by atoms with E-state index in [-0.39, 0.29) is 6.61 Å². The molecule has 4 aromatic rings. The molecule has 31 heavy (non-hydrogen) atoms. The second kappa shape index (κ2) is 8.57. The van der Waals surface area contributed by atoms with Crippen molar-refractivity contribution in [1.82, 2.24) is 9.38 Å². The van der Waals surface area contributed by atoms with E-state index in [0.29, 0.717) is 33.6 Å². The number of anilines is 2. The molecule has 4 rings (SSSR count). The van der Waals surface area contributed by atoms with Gasteiger partial charge in [-0.25, -0.2) is 4.98 Å². The van der Waals surface area contributed by atoms with Crippen molar-refractivity contribution < 1.29 is 14.3 Å². The zero-order valence-corrected chi connectivity index (χ0v) is 17.8. The topological polar surface area (TPSA) is 90.9 Å². The molecule has 0 unspecified atom stereocenters. The first-order chi connectivity index (χ1) is 15.0. The summed E-state index contributed by atoms with van der Waals surface area (Å²) in [6.07, 6.45) is 1.91. The van der Waals surface area contributed by atoms with Crippen molar-refractivity contribution in [2.45, 2.75) is 6.92 Å². The summed E-state index contributed by atoms with van der Waals surface area (Å²) in [5, 5.41) is 4.04. The third-order valence-corrected chi connectivity index (χ3v) is 5.12. The Morgan fingerprint density at radius 2 is 2.03 bits per heavy atom. The molecule has 0 aliphatic rings. The van der Waals surface area contributed by atoms with E-state index in [2.05, 4.69) is 5.32 Å². The number of nitrogens with two attached hydrogens (primary N) is 1. The van der Waals surface area contributed by atoms with Crippen LogP contribution in [0.1, 0.15) is 5.56 Å². The Morgan fingerprint density at radius 1 is 1.19 bits per heavy atom. The number of nitrogens with zero attached hydrogens (tertiary/aromatic N) is 2. The summed E-state index contributed by atoms with van der Waals surface area (Å²) in [5.74, 6) is 1.15. The number of hydrogen-bond acceptors (Lipinski definition) is 5. The summed E-state index contributed by atoms with van der Waals surface area (Å²) in [6.45, 7) is 1.71. The van der Waals surface area contributed by atoms with Crippen LogP contribution in [0.25, 0.3) is 16.9 Å². The van der Waals surface area contributed by atoms with Gasteiger partial charge in [-0.1, -0.05) is 29.8 Å². The molecule has 0 aliphatic heterocycles. The van der Waals surface area contributed by atoms with Gasteiger partial charge in [-0.2, -0.15) is 0 Å². The Morgan fingerprint density at radius 3 is 2.77 bits per heavy atom. The van der Waals surface area contributed by atoms with Crippen LogP contribution in [-0.4, -0.2) is 29.0 Å². The smallest absolute Gasteiger partial charge is 0.255 e. The summed E-state index contributed by atoms with van der Waals surface area (Å²) >= 11 is 6.47. The molecule has 0 atom stereocenters. The molecule has 0 aliphatic carbocycles. The van der Waals surface area contributed by atoms with Crippen molar-refractivity contribution in [3.8, 4) is 22.8 Å². The number of benzene rings is 2. The van der Waals surface area contributed by atoms with Gasteiger partial charge < -0.3 is 20.5 Å². The minimum atomic E-state index is -0.575. The zero-order chi connectivity index (χ0) is 22.0. The minimum absolute atomic E-state index is 0.264. The largest absolute Gasteiger partial charge is 0.497 e. The number of amides is 1. The molecular formula is C23H21ClN4O3. The number of aryl methyl sites for hydroxylation is 1. The predicted molar refractivity (Wildman–Crippen MR) is 121 cm³/mol. The maximum atomic E-state index is 11.3. The number of ether oxygens (including phenoxy) is 2. The van der Waals surface area contributed by atoms with Gasteiger partial charge in [0.2, 0.25) is 0 Å². The molecular weight excluding hydrogens is 416 g/mol. The molecule has 7 nitrogen and oxygen atoms in total. The number of pyridine rings is 1. The number of primary amides is 1. The first-order valence-corrected chi connectivity index (χ1v) is 9.94. The van der Waals surface area contributed by atoms with Crippen LogP contribution in [0.4, 0.5) is 11.5 Å². The van der Waals surface area contributed by atoms with Gasteiger partial charge in [0, 0.05) is 17.8 Å². The van der Waals surface area contributed by atoms with E-state index in [1.165, 1.54) is 0 Å². The number of rotatable bonds is 7. The van der Waals surface area contributed by atoms with Crippen molar-refractivity contribution in [2.75, 3.05) is 19.0 Å². The Kier molecular flexibility index (Phi) is 5.68. The van der Waals surface area contributed by atoms with Crippen LogP contribution in [0, 0.1) is 6.92 Å². The van der Waals surface area contributed by atoms with Crippen molar-refractivity contribution in [2.24, 2.45) is 5.73 Å². The fraction of sp³-hybridized carbons (Fsp3) is 0.130. The zero-order valence-electron chi connectivity index (χ0n) is 17.1. The average Bonchev–Trinajstić information content (AvgIpc) is 3.12. The molecule has 2 heterocycles. The molecule has 0 saturated heterocycles. The van der Waals surface area contributed by atoms with E-state index in [1.54, 1.807) is 19.2 Å². The van der Waals surface area contributed by atoms with Crippen molar-refractivity contribution in [3.05, 3.63) is 71.4 Å². The van der Waals surface area contributed by atoms with E-state index in [0.717, 1.165) is 16.9 Å². The van der Waals surface area contributed by atoms with Crippen molar-refractivity contribution in [3.63, 3.8) is 0 Å². The molecule has 2 aromatic carbocycles. The number of aromatic nitrogens is 2. The first-order valence-electron chi connectivity index (χ1n) is 9.56. The van der Waals surface area contributed by atoms with Crippen molar-refractivity contribution >= 4 is 34.7 Å².